The maximum absolute atomic E-state index is 11.6. The molecule has 0 saturated carbocycles. The molecule has 3 heterocycles. The minimum atomic E-state index is -0.252. The molecule has 2 aromatic heterocycles. The maximum Gasteiger partial charge on any atom is 0.247 e. The highest BCUT2D eigenvalue weighted by Gasteiger charge is 2.12. The summed E-state index contributed by atoms with van der Waals surface area (Å²) in [7, 11) is 0. The number of anilines is 4. The fraction of sp³-hybridized carbons (Fsp3) is 0.160. The molecule has 0 unspecified atom stereocenters. The minimum Gasteiger partial charge on any atom is -0.378 e. The molecule has 33 heavy (non-hydrogen) atoms. The standard InChI is InChI=1S/C25H24N6O2/c1-2-23(32)27-20-4-3-5-22(16-20)31-11-10-18-17-26-25(29-24(18)31)28-19-6-8-21(9-7-19)30-12-14-33-15-13-30/h2-11,16-17H,1,12-15H2,(H,27,32)(H,26,28,29). The molecule has 1 saturated heterocycles. The molecule has 1 aliphatic heterocycles. The van der Waals surface area contributed by atoms with Crippen molar-refractivity contribution in [3.63, 3.8) is 0 Å². The van der Waals surface area contributed by atoms with Crippen molar-refractivity contribution in [2.75, 3.05) is 41.8 Å². The third kappa shape index (κ3) is 4.56. The highest BCUT2D eigenvalue weighted by molar-refractivity contribution is 5.99. The number of ether oxygens (including phenoxy) is 1. The number of nitrogens with zero attached hydrogens (tertiary/aromatic N) is 4. The molecule has 0 aliphatic carbocycles. The number of hydrogen-bond donors (Lipinski definition) is 2. The van der Waals surface area contributed by atoms with Gasteiger partial charge < -0.3 is 24.8 Å². The largest absolute Gasteiger partial charge is 0.378 e. The van der Waals surface area contributed by atoms with Crippen LogP contribution in [-0.4, -0.2) is 46.7 Å². The normalized spacial score (nSPS) is 13.6. The first-order valence-electron chi connectivity index (χ1n) is 10.8. The first-order valence-corrected chi connectivity index (χ1v) is 10.8. The molecule has 2 aromatic carbocycles. The van der Waals surface area contributed by atoms with Crippen LogP contribution in [0.4, 0.5) is 23.0 Å². The Hall–Kier alpha value is -4.17. The summed E-state index contributed by atoms with van der Waals surface area (Å²) in [6.45, 7) is 6.83. The number of benzene rings is 2. The monoisotopic (exact) mass is 440 g/mol. The van der Waals surface area contributed by atoms with Gasteiger partial charge in [0.1, 0.15) is 5.65 Å². The van der Waals surface area contributed by atoms with E-state index in [1.165, 1.54) is 11.8 Å². The van der Waals surface area contributed by atoms with E-state index in [1.54, 1.807) is 6.20 Å². The average molecular weight is 441 g/mol. The van der Waals surface area contributed by atoms with Crippen molar-refractivity contribution in [3.8, 4) is 5.69 Å². The van der Waals surface area contributed by atoms with Gasteiger partial charge in [-0.2, -0.15) is 4.98 Å². The van der Waals surface area contributed by atoms with E-state index in [0.29, 0.717) is 11.6 Å². The van der Waals surface area contributed by atoms with Gasteiger partial charge in [0, 0.05) is 53.6 Å². The van der Waals surface area contributed by atoms with Crippen LogP contribution in [0.15, 0.2) is 79.6 Å². The van der Waals surface area contributed by atoms with Crippen molar-refractivity contribution in [1.29, 1.82) is 0 Å². The molecule has 0 spiro atoms. The lowest BCUT2D eigenvalue weighted by Crippen LogP contribution is -2.36. The summed E-state index contributed by atoms with van der Waals surface area (Å²) in [6, 6.07) is 17.8. The van der Waals surface area contributed by atoms with Gasteiger partial charge in [0.2, 0.25) is 11.9 Å². The fourth-order valence-corrected chi connectivity index (χ4v) is 3.82. The second kappa shape index (κ2) is 9.13. The van der Waals surface area contributed by atoms with Gasteiger partial charge in [-0.3, -0.25) is 4.79 Å². The predicted octanol–water partition coefficient (Wildman–Crippen LogP) is 4.13. The lowest BCUT2D eigenvalue weighted by Gasteiger charge is -2.28. The molecule has 0 bridgehead atoms. The van der Waals surface area contributed by atoms with Gasteiger partial charge in [0.05, 0.1) is 13.2 Å². The quantitative estimate of drug-likeness (QED) is 0.439. The molecule has 0 atom stereocenters. The van der Waals surface area contributed by atoms with Crippen LogP contribution in [0.2, 0.25) is 0 Å². The maximum atomic E-state index is 11.6. The van der Waals surface area contributed by atoms with E-state index in [2.05, 4.69) is 39.2 Å². The van der Waals surface area contributed by atoms with Gasteiger partial charge >= 0.3 is 0 Å². The third-order valence-electron chi connectivity index (χ3n) is 5.50. The minimum absolute atomic E-state index is 0.252. The Morgan fingerprint density at radius 2 is 1.85 bits per heavy atom. The van der Waals surface area contributed by atoms with E-state index < -0.39 is 0 Å². The van der Waals surface area contributed by atoms with Gasteiger partial charge in [-0.15, -0.1) is 0 Å². The number of hydrogen-bond acceptors (Lipinski definition) is 6. The molecular formula is C25H24N6O2. The second-order valence-corrected chi connectivity index (χ2v) is 7.67. The Labute approximate surface area is 191 Å². The van der Waals surface area contributed by atoms with Crippen molar-refractivity contribution < 1.29 is 9.53 Å². The molecule has 8 nitrogen and oxygen atoms in total. The van der Waals surface area contributed by atoms with Crippen LogP contribution in [0.5, 0.6) is 0 Å². The Morgan fingerprint density at radius 1 is 1.03 bits per heavy atom. The number of fused-ring (bicyclic) bond motifs is 1. The van der Waals surface area contributed by atoms with Gasteiger partial charge in [-0.25, -0.2) is 4.98 Å². The zero-order chi connectivity index (χ0) is 22.6. The van der Waals surface area contributed by atoms with Crippen molar-refractivity contribution in [2.24, 2.45) is 0 Å². The van der Waals surface area contributed by atoms with Gasteiger partial charge in [0.25, 0.3) is 0 Å². The molecular weight excluding hydrogens is 416 g/mol. The zero-order valence-electron chi connectivity index (χ0n) is 18.1. The third-order valence-corrected chi connectivity index (χ3v) is 5.50. The molecule has 0 radical (unpaired) electrons. The molecule has 5 rings (SSSR count). The van der Waals surface area contributed by atoms with E-state index in [4.69, 9.17) is 9.72 Å². The number of aromatic nitrogens is 3. The van der Waals surface area contributed by atoms with Crippen molar-refractivity contribution >= 4 is 40.0 Å². The Morgan fingerprint density at radius 3 is 2.64 bits per heavy atom. The first kappa shape index (κ1) is 20.7. The average Bonchev–Trinajstić information content (AvgIpc) is 3.28. The highest BCUT2D eigenvalue weighted by atomic mass is 16.5. The summed E-state index contributed by atoms with van der Waals surface area (Å²) in [5, 5.41) is 7.00. The van der Waals surface area contributed by atoms with Gasteiger partial charge in [-0.05, 0) is 54.6 Å². The first-order chi connectivity index (χ1) is 16.2. The van der Waals surface area contributed by atoms with Crippen LogP contribution in [0.3, 0.4) is 0 Å². The van der Waals surface area contributed by atoms with E-state index >= 15 is 0 Å². The van der Waals surface area contributed by atoms with Crippen LogP contribution >= 0.6 is 0 Å². The molecule has 2 N–H and O–H groups in total. The number of carbonyl (C=O) groups excluding carboxylic acids is 1. The van der Waals surface area contributed by atoms with Crippen LogP contribution in [-0.2, 0) is 9.53 Å². The smallest absolute Gasteiger partial charge is 0.247 e. The lowest BCUT2D eigenvalue weighted by atomic mass is 10.2. The summed E-state index contributed by atoms with van der Waals surface area (Å²) < 4.78 is 7.39. The molecule has 1 amide bonds. The van der Waals surface area contributed by atoms with Crippen molar-refractivity contribution in [1.82, 2.24) is 14.5 Å². The predicted molar refractivity (Wildman–Crippen MR) is 130 cm³/mol. The number of carbonyl (C=O) groups is 1. The SMILES string of the molecule is C=CC(=O)Nc1cccc(-n2ccc3cnc(Nc4ccc(N5CCOCC5)cc4)nc32)c1. The van der Waals surface area contributed by atoms with Gasteiger partial charge in [-0.1, -0.05) is 12.6 Å². The fourth-order valence-electron chi connectivity index (χ4n) is 3.82. The Balaban J connectivity index is 1.38. The number of amides is 1. The van der Waals surface area contributed by atoms with E-state index in [0.717, 1.165) is 48.7 Å². The van der Waals surface area contributed by atoms with E-state index in [9.17, 15) is 4.79 Å². The van der Waals surface area contributed by atoms with Crippen LogP contribution in [0, 0.1) is 0 Å². The molecule has 1 fully saturated rings. The summed E-state index contributed by atoms with van der Waals surface area (Å²) >= 11 is 0. The summed E-state index contributed by atoms with van der Waals surface area (Å²) in [6.07, 6.45) is 4.98. The van der Waals surface area contributed by atoms with Gasteiger partial charge in [0.15, 0.2) is 0 Å². The summed E-state index contributed by atoms with van der Waals surface area (Å²) in [4.78, 5) is 23.2. The van der Waals surface area contributed by atoms with E-state index in [-0.39, 0.29) is 5.91 Å². The molecule has 166 valence electrons. The Kier molecular flexibility index (Phi) is 5.73. The number of rotatable bonds is 6. The van der Waals surface area contributed by atoms with Crippen molar-refractivity contribution in [2.45, 2.75) is 0 Å². The van der Waals surface area contributed by atoms with Crippen molar-refractivity contribution in [3.05, 3.63) is 79.6 Å². The molecule has 1 aliphatic rings. The zero-order valence-corrected chi connectivity index (χ0v) is 18.1. The topological polar surface area (TPSA) is 84.3 Å². The number of nitrogens with one attached hydrogen (secondary N) is 2. The molecule has 4 aromatic rings. The highest BCUT2D eigenvalue weighted by Crippen LogP contribution is 2.24. The lowest BCUT2D eigenvalue weighted by molar-refractivity contribution is -0.111. The van der Waals surface area contributed by atoms with Crippen LogP contribution in [0.1, 0.15) is 0 Å². The molecule has 8 heteroatoms. The summed E-state index contributed by atoms with van der Waals surface area (Å²) in [5.41, 5.74) is 4.43. The number of morpholine rings is 1. The van der Waals surface area contributed by atoms with E-state index in [1.807, 2.05) is 53.2 Å². The Bertz CT molecular complexity index is 1290. The summed E-state index contributed by atoms with van der Waals surface area (Å²) in [5.74, 6) is 0.260. The van der Waals surface area contributed by atoms with Crippen LogP contribution < -0.4 is 15.5 Å². The van der Waals surface area contributed by atoms with Crippen LogP contribution in [0.25, 0.3) is 16.7 Å². The second-order valence-electron chi connectivity index (χ2n) is 7.67.